The second kappa shape index (κ2) is 19.6. The summed E-state index contributed by atoms with van der Waals surface area (Å²) in [4.78, 5) is 0. The van der Waals surface area contributed by atoms with Crippen molar-refractivity contribution in [2.24, 2.45) is 0 Å². The second-order valence-electron chi connectivity index (χ2n) is 9.53. The van der Waals surface area contributed by atoms with Gasteiger partial charge in [0.25, 0.3) is 0 Å². The minimum atomic E-state index is -0.428. The first-order valence-corrected chi connectivity index (χ1v) is 14.3. The van der Waals surface area contributed by atoms with Gasteiger partial charge in [-0.15, -0.1) is 0 Å². The number of benzene rings is 1. The quantitative estimate of drug-likeness (QED) is 0.113. The number of phenols is 3. The molecule has 0 radical (unpaired) electrons. The Morgan fingerprint density at radius 2 is 0.844 bits per heavy atom. The van der Waals surface area contributed by atoms with Crippen molar-refractivity contribution in [1.29, 1.82) is 0 Å². The van der Waals surface area contributed by atoms with Crippen molar-refractivity contribution in [2.45, 2.75) is 142 Å². The zero-order valence-electron chi connectivity index (χ0n) is 20.6. The van der Waals surface area contributed by atoms with E-state index in [1.807, 2.05) is 0 Å². The molecule has 186 valence electrons. The molecule has 0 heterocycles. The van der Waals surface area contributed by atoms with Crippen LogP contribution in [0.2, 0.25) is 0 Å². The molecule has 0 aliphatic heterocycles. The van der Waals surface area contributed by atoms with Gasteiger partial charge in [-0.05, 0) is 40.4 Å². The largest absolute Gasteiger partial charge is 0.504 e. The Labute approximate surface area is 206 Å². The lowest BCUT2D eigenvalue weighted by Crippen LogP contribution is -1.89. The van der Waals surface area contributed by atoms with Crippen molar-refractivity contribution >= 4 is 15.9 Å². The zero-order valence-corrected chi connectivity index (χ0v) is 22.2. The number of aromatic hydroxyl groups is 3. The molecule has 1 rings (SSSR count). The molecule has 0 fully saturated rings. The Hall–Kier alpha value is -0.900. The molecule has 1 aromatic rings. The van der Waals surface area contributed by atoms with Gasteiger partial charge in [0.15, 0.2) is 11.5 Å². The summed E-state index contributed by atoms with van der Waals surface area (Å²) in [5.41, 5.74) is 0.689. The Morgan fingerprint density at radius 1 is 0.500 bits per heavy atom. The van der Waals surface area contributed by atoms with Crippen LogP contribution in [0.3, 0.4) is 0 Å². The van der Waals surface area contributed by atoms with E-state index in [-0.39, 0.29) is 11.5 Å². The summed E-state index contributed by atoms with van der Waals surface area (Å²) < 4.78 is 0.427. The first kappa shape index (κ1) is 29.1. The van der Waals surface area contributed by atoms with Crippen LogP contribution in [-0.4, -0.2) is 15.3 Å². The number of hydrogen-bond donors (Lipinski definition) is 3. The molecule has 0 saturated heterocycles. The van der Waals surface area contributed by atoms with Crippen LogP contribution in [0, 0.1) is 0 Å². The maximum absolute atomic E-state index is 9.93. The molecule has 3 nitrogen and oxygen atoms in total. The van der Waals surface area contributed by atoms with E-state index in [9.17, 15) is 15.3 Å². The topological polar surface area (TPSA) is 60.7 Å². The number of rotatable bonds is 21. The molecule has 0 unspecified atom stereocenters. The van der Waals surface area contributed by atoms with Crippen LogP contribution < -0.4 is 0 Å². The van der Waals surface area contributed by atoms with E-state index < -0.39 is 5.75 Å². The van der Waals surface area contributed by atoms with E-state index in [1.54, 1.807) is 6.07 Å². The van der Waals surface area contributed by atoms with Crippen molar-refractivity contribution in [3.63, 3.8) is 0 Å². The van der Waals surface area contributed by atoms with E-state index in [2.05, 4.69) is 22.9 Å². The maximum atomic E-state index is 9.93. The number of halogens is 1. The third kappa shape index (κ3) is 13.6. The van der Waals surface area contributed by atoms with Gasteiger partial charge in [0.1, 0.15) is 0 Å². The lowest BCUT2D eigenvalue weighted by atomic mass is 10.0. The third-order valence-corrected chi connectivity index (χ3v) is 7.18. The molecule has 4 heteroatoms. The smallest absolute Gasteiger partial charge is 0.201 e. The van der Waals surface area contributed by atoms with Gasteiger partial charge < -0.3 is 15.3 Å². The monoisotopic (exact) mass is 512 g/mol. The highest BCUT2D eigenvalue weighted by molar-refractivity contribution is 9.10. The van der Waals surface area contributed by atoms with E-state index in [1.165, 1.54) is 116 Å². The summed E-state index contributed by atoms with van der Waals surface area (Å²) in [5.74, 6) is -0.916. The molecule has 0 spiro atoms. The average Bonchev–Trinajstić information content (AvgIpc) is 2.79. The molecule has 0 aliphatic rings. The Balaban J connectivity index is 1.82. The minimum absolute atomic E-state index is 0.191. The van der Waals surface area contributed by atoms with Crippen molar-refractivity contribution in [3.8, 4) is 17.2 Å². The van der Waals surface area contributed by atoms with Crippen LogP contribution in [0.1, 0.15) is 141 Å². The van der Waals surface area contributed by atoms with Gasteiger partial charge in [0, 0.05) is 0 Å². The fourth-order valence-electron chi connectivity index (χ4n) is 4.43. The Bertz CT molecular complexity index is 589. The summed E-state index contributed by atoms with van der Waals surface area (Å²) in [6.45, 7) is 2.28. The summed E-state index contributed by atoms with van der Waals surface area (Å²) >= 11 is 3.21. The number of aryl methyl sites for hydroxylation is 1. The number of hydrogen-bond acceptors (Lipinski definition) is 3. The van der Waals surface area contributed by atoms with Gasteiger partial charge in [-0.2, -0.15) is 0 Å². The highest BCUT2D eigenvalue weighted by atomic mass is 79.9. The Kier molecular flexibility index (Phi) is 17.8. The van der Waals surface area contributed by atoms with E-state index in [0.717, 1.165) is 19.3 Å². The predicted octanol–water partition coefficient (Wildman–Crippen LogP) is 9.93. The number of unbranched alkanes of at least 4 members (excludes halogenated alkanes) is 19. The molecular formula is C28H49BrO3. The summed E-state index contributed by atoms with van der Waals surface area (Å²) in [7, 11) is 0. The summed E-state index contributed by atoms with van der Waals surface area (Å²) in [6.07, 6.45) is 28.0. The molecule has 32 heavy (non-hydrogen) atoms. The molecule has 1 aromatic carbocycles. The van der Waals surface area contributed by atoms with Crippen molar-refractivity contribution < 1.29 is 15.3 Å². The summed E-state index contributed by atoms with van der Waals surface area (Å²) in [6, 6.07) is 1.69. The van der Waals surface area contributed by atoms with E-state index in [4.69, 9.17) is 0 Å². The van der Waals surface area contributed by atoms with E-state index >= 15 is 0 Å². The standard InChI is InChI=1S/C28H49BrO3/c1-2-3-4-5-6-7-8-9-10-11-12-13-14-15-16-17-18-19-20-21-22-24-23-25(29)27(31)28(32)26(24)30/h23,30-32H,2-22H2,1H3. The Morgan fingerprint density at radius 3 is 1.22 bits per heavy atom. The van der Waals surface area contributed by atoms with Gasteiger partial charge in [-0.3, -0.25) is 0 Å². The van der Waals surface area contributed by atoms with Crippen LogP contribution >= 0.6 is 15.9 Å². The first-order chi connectivity index (χ1) is 15.6. The third-order valence-electron chi connectivity index (χ3n) is 6.58. The fourth-order valence-corrected chi connectivity index (χ4v) is 4.89. The molecular weight excluding hydrogens is 464 g/mol. The lowest BCUT2D eigenvalue weighted by Gasteiger charge is -2.09. The highest BCUT2D eigenvalue weighted by Gasteiger charge is 2.14. The van der Waals surface area contributed by atoms with Crippen LogP contribution in [-0.2, 0) is 6.42 Å². The zero-order chi connectivity index (χ0) is 23.4. The van der Waals surface area contributed by atoms with Gasteiger partial charge in [-0.1, -0.05) is 129 Å². The van der Waals surface area contributed by atoms with Gasteiger partial charge >= 0.3 is 0 Å². The average molecular weight is 514 g/mol. The van der Waals surface area contributed by atoms with Crippen molar-refractivity contribution in [1.82, 2.24) is 0 Å². The molecule has 0 saturated carbocycles. The normalized spacial score (nSPS) is 11.3. The molecule has 0 aliphatic carbocycles. The molecule has 3 N–H and O–H groups in total. The SMILES string of the molecule is CCCCCCCCCCCCCCCCCCCCCCc1cc(Br)c(O)c(O)c1O. The van der Waals surface area contributed by atoms with Crippen LogP contribution in [0.4, 0.5) is 0 Å². The van der Waals surface area contributed by atoms with Crippen LogP contribution in [0.15, 0.2) is 10.5 Å². The lowest BCUT2D eigenvalue weighted by molar-refractivity contribution is 0.363. The van der Waals surface area contributed by atoms with Crippen LogP contribution in [0.5, 0.6) is 17.2 Å². The molecule has 0 bridgehead atoms. The fraction of sp³-hybridized carbons (Fsp3) is 0.786. The summed E-state index contributed by atoms with van der Waals surface area (Å²) in [5, 5.41) is 29.2. The first-order valence-electron chi connectivity index (χ1n) is 13.5. The molecule has 0 aromatic heterocycles. The molecule has 0 atom stereocenters. The van der Waals surface area contributed by atoms with Crippen molar-refractivity contribution in [2.75, 3.05) is 0 Å². The maximum Gasteiger partial charge on any atom is 0.201 e. The second-order valence-corrected chi connectivity index (χ2v) is 10.4. The minimum Gasteiger partial charge on any atom is -0.504 e. The van der Waals surface area contributed by atoms with Crippen LogP contribution in [0.25, 0.3) is 0 Å². The van der Waals surface area contributed by atoms with Gasteiger partial charge in [-0.25, -0.2) is 0 Å². The molecule has 0 amide bonds. The number of phenolic OH excluding ortho intramolecular Hbond substituents is 3. The predicted molar refractivity (Wildman–Crippen MR) is 141 cm³/mol. The van der Waals surface area contributed by atoms with Gasteiger partial charge in [0.05, 0.1) is 4.47 Å². The van der Waals surface area contributed by atoms with E-state index in [0.29, 0.717) is 10.0 Å². The van der Waals surface area contributed by atoms with Crippen molar-refractivity contribution in [3.05, 3.63) is 16.1 Å². The van der Waals surface area contributed by atoms with Gasteiger partial charge in [0.2, 0.25) is 5.75 Å². The highest BCUT2D eigenvalue weighted by Crippen LogP contribution is 2.43.